The topological polar surface area (TPSA) is 25.4 Å². The van der Waals surface area contributed by atoms with Gasteiger partial charge in [-0.25, -0.2) is 0 Å². The highest BCUT2D eigenvalue weighted by atomic mass is 16.5. The van der Waals surface area contributed by atoms with Crippen LogP contribution < -0.4 is 62.0 Å². The first-order chi connectivity index (χ1) is 45.9. The molecule has 0 saturated heterocycles. The largest absolute Gasteiger partial charge is 0.458 e. The van der Waals surface area contributed by atoms with Crippen LogP contribution in [0.25, 0.3) is 21.9 Å². The highest BCUT2D eigenvalue weighted by Crippen LogP contribution is 2.59. The van der Waals surface area contributed by atoms with Crippen LogP contribution in [0.2, 0.25) is 0 Å². The summed E-state index contributed by atoms with van der Waals surface area (Å²) in [5.74, 6) is 1.74. The third-order valence-electron chi connectivity index (χ3n) is 20.1. The molecule has 4 aliphatic heterocycles. The van der Waals surface area contributed by atoms with Gasteiger partial charge in [-0.3, -0.25) is 0 Å². The van der Waals surface area contributed by atoms with Crippen LogP contribution in [0, 0.1) is 0 Å². The molecule has 4 heterocycles. The Morgan fingerprint density at radius 1 is 0.312 bits per heavy atom. The van der Waals surface area contributed by atoms with Gasteiger partial charge in [0.15, 0.2) is 0 Å². The smallest absolute Gasteiger partial charge is 0.256 e. The summed E-state index contributed by atoms with van der Waals surface area (Å²) in [6.45, 7) is 4.59. The van der Waals surface area contributed by atoms with Gasteiger partial charge in [0.05, 0.1) is 5.69 Å². The summed E-state index contributed by atoms with van der Waals surface area (Å²) in [6, 6.07) is 118. The van der Waals surface area contributed by atoms with E-state index in [1.165, 1.54) is 66.6 Å². The van der Waals surface area contributed by atoms with Crippen LogP contribution in [0.1, 0.15) is 25.0 Å². The van der Waals surface area contributed by atoms with Crippen molar-refractivity contribution >= 4 is 142 Å². The van der Waals surface area contributed by atoms with Gasteiger partial charge in [-0.15, -0.1) is 0 Å². The number of rotatable bonds is 9. The number of nitrogens with zero attached hydrogens (tertiary/aromatic N) is 5. The molecule has 14 aromatic carbocycles. The van der Waals surface area contributed by atoms with Gasteiger partial charge in [-0.05, 0) is 200 Å². The Kier molecular flexibility index (Phi) is 11.8. The van der Waals surface area contributed by atoms with Crippen molar-refractivity contribution in [3.63, 3.8) is 0 Å². The van der Waals surface area contributed by atoms with E-state index >= 15 is 0 Å². The second kappa shape index (κ2) is 20.7. The van der Waals surface area contributed by atoms with Crippen molar-refractivity contribution in [1.82, 2.24) is 0 Å². The number of hydrogen-bond donors (Lipinski definition) is 0. The van der Waals surface area contributed by atoms with Gasteiger partial charge in [0.1, 0.15) is 11.5 Å². The Morgan fingerprint density at radius 2 is 0.774 bits per heavy atom. The summed E-state index contributed by atoms with van der Waals surface area (Å²) in [5, 5.41) is 2.23. The van der Waals surface area contributed by atoms with E-state index in [0.29, 0.717) is 0 Å². The molecule has 1 aliphatic carbocycles. The third-order valence-corrected chi connectivity index (χ3v) is 20.1. The Bertz CT molecular complexity index is 5230. The molecule has 0 saturated carbocycles. The molecule has 5 aliphatic rings. The second-order valence-electron chi connectivity index (χ2n) is 25.5. The second-order valence-corrected chi connectivity index (χ2v) is 25.5. The zero-order valence-electron chi connectivity index (χ0n) is 51.4. The summed E-state index contributed by atoms with van der Waals surface area (Å²) in [5.41, 5.74) is 28.9. The molecule has 436 valence electrons. The lowest BCUT2D eigenvalue weighted by atomic mass is 9.30. The molecule has 6 nitrogen and oxygen atoms in total. The highest BCUT2D eigenvalue weighted by Gasteiger charge is 2.51. The minimum atomic E-state index is -0.450. The molecule has 93 heavy (non-hydrogen) atoms. The molecule has 0 unspecified atom stereocenters. The zero-order valence-corrected chi connectivity index (χ0v) is 51.4. The molecule has 8 heteroatoms. The summed E-state index contributed by atoms with van der Waals surface area (Å²) < 4.78 is 7.30. The number of fused-ring (bicyclic) bond motifs is 14. The molecular weight excluding hydrogens is 1130 g/mol. The maximum Gasteiger partial charge on any atom is 0.256 e. The predicted molar refractivity (Wildman–Crippen MR) is 391 cm³/mol. The van der Waals surface area contributed by atoms with Gasteiger partial charge >= 0.3 is 0 Å². The van der Waals surface area contributed by atoms with Crippen LogP contribution in [0.15, 0.2) is 322 Å². The lowest BCUT2D eigenvalue weighted by Crippen LogP contribution is -2.64. The normalized spacial score (nSPS) is 13.8. The van der Waals surface area contributed by atoms with E-state index in [4.69, 9.17) is 4.74 Å². The molecule has 0 atom stereocenters. The summed E-state index contributed by atoms with van der Waals surface area (Å²) >= 11 is 0. The van der Waals surface area contributed by atoms with Gasteiger partial charge < -0.3 is 29.2 Å². The van der Waals surface area contributed by atoms with Crippen molar-refractivity contribution in [2.24, 2.45) is 0 Å². The lowest BCUT2D eigenvalue weighted by Gasteiger charge is -2.47. The average molecular weight is 1190 g/mol. The fourth-order valence-electron chi connectivity index (χ4n) is 16.3. The minimum absolute atomic E-state index is 0.160. The molecule has 0 spiro atoms. The van der Waals surface area contributed by atoms with Gasteiger partial charge in [0.25, 0.3) is 13.4 Å². The zero-order chi connectivity index (χ0) is 61.5. The Morgan fingerprint density at radius 3 is 1.35 bits per heavy atom. The quantitative estimate of drug-likeness (QED) is 0.134. The van der Waals surface area contributed by atoms with E-state index in [-0.39, 0.29) is 13.4 Å². The van der Waals surface area contributed by atoms with Crippen LogP contribution in [-0.4, -0.2) is 13.4 Å². The third kappa shape index (κ3) is 7.98. The number of ether oxygens (including phenoxy) is 1. The van der Waals surface area contributed by atoms with E-state index in [2.05, 4.69) is 360 Å². The van der Waals surface area contributed by atoms with E-state index in [9.17, 15) is 0 Å². The van der Waals surface area contributed by atoms with E-state index in [0.717, 1.165) is 96.0 Å². The SMILES string of the molecule is CC1(C)c2cc(N(c3ccccc3)c3ccccc3)ccc2-c2cc3c4c(c21)N(c1ccccc1)c1ccccc1B4c1cc2c(cc1N3c1ccccc1)N(c1ccccc1)c1c3c(cc4cc(N(c5ccccc5)c5ccccc5)ccc14)Oc1ccccc1B23. The van der Waals surface area contributed by atoms with E-state index < -0.39 is 5.41 Å². The maximum atomic E-state index is 7.30. The number of hydrogen-bond acceptors (Lipinski definition) is 6. The summed E-state index contributed by atoms with van der Waals surface area (Å²) in [6.07, 6.45) is 0. The minimum Gasteiger partial charge on any atom is -0.458 e. The van der Waals surface area contributed by atoms with Crippen molar-refractivity contribution < 1.29 is 4.74 Å². The van der Waals surface area contributed by atoms with E-state index in [1.807, 2.05) is 0 Å². The lowest BCUT2D eigenvalue weighted by molar-refractivity contribution is 0.488. The molecule has 14 aromatic rings. The summed E-state index contributed by atoms with van der Waals surface area (Å²) in [4.78, 5) is 12.5. The highest BCUT2D eigenvalue weighted by molar-refractivity contribution is 7.03. The van der Waals surface area contributed by atoms with Crippen LogP contribution >= 0.6 is 0 Å². The number of benzene rings is 14. The predicted octanol–water partition coefficient (Wildman–Crippen LogP) is 18.6. The Balaban J connectivity index is 0.891. The van der Waals surface area contributed by atoms with Gasteiger partial charge in [-0.2, -0.15) is 0 Å². The first-order valence-corrected chi connectivity index (χ1v) is 32.3. The van der Waals surface area contributed by atoms with E-state index in [1.54, 1.807) is 0 Å². The molecule has 0 radical (unpaired) electrons. The molecular formula is C85H59B2N5O. The Hall–Kier alpha value is -11.7. The fourth-order valence-corrected chi connectivity index (χ4v) is 16.3. The van der Waals surface area contributed by atoms with Crippen LogP contribution in [0.5, 0.6) is 11.5 Å². The molecule has 0 N–H and O–H groups in total. The monoisotopic (exact) mass is 1190 g/mol. The molecule has 0 aromatic heterocycles. The molecule has 0 bridgehead atoms. The van der Waals surface area contributed by atoms with Crippen LogP contribution in [-0.2, 0) is 5.41 Å². The van der Waals surface area contributed by atoms with Crippen molar-refractivity contribution in [3.8, 4) is 22.6 Å². The number of anilines is 15. The van der Waals surface area contributed by atoms with Gasteiger partial charge in [-0.1, -0.05) is 196 Å². The van der Waals surface area contributed by atoms with Crippen LogP contribution in [0.3, 0.4) is 0 Å². The van der Waals surface area contributed by atoms with Crippen molar-refractivity contribution in [1.29, 1.82) is 0 Å². The first-order valence-electron chi connectivity index (χ1n) is 32.3. The fraction of sp³-hybridized carbons (Fsp3) is 0.0353. The standard InChI is InChI=1S/C85H59B2N5O/c1-85(2)69-52-65(89(59-32-14-5-15-33-59)60-34-16-6-17-35-60)47-49-67(69)68-53-77-81-84(80(68)85)91(62-38-20-8-21-39-62)74-44-26-24-42-70(74)86(81)72-54-73-76(55-75(72)90(77)61-36-18-7-19-37-61)92(63-40-22-9-23-41-63)83-66-48-46-64(88(57-28-10-3-11-29-57)58-30-12-4-13-31-58)50-56(66)51-79-82(83)87(73)71-43-25-27-45-78(71)93-79/h3-55H,1-2H3. The average Bonchev–Trinajstić information content (AvgIpc) is 1.67. The summed E-state index contributed by atoms with van der Waals surface area (Å²) in [7, 11) is 0. The molecule has 0 fully saturated rings. The Labute approximate surface area is 542 Å². The van der Waals surface area contributed by atoms with Crippen LogP contribution in [0.4, 0.5) is 85.3 Å². The molecule has 0 amide bonds. The number of para-hydroxylation sites is 9. The van der Waals surface area contributed by atoms with Gasteiger partial charge in [0, 0.05) is 90.4 Å². The maximum absolute atomic E-state index is 7.30. The van der Waals surface area contributed by atoms with Crippen molar-refractivity contribution in [2.45, 2.75) is 19.3 Å². The van der Waals surface area contributed by atoms with Gasteiger partial charge in [0.2, 0.25) is 0 Å². The van der Waals surface area contributed by atoms with Crippen molar-refractivity contribution in [2.75, 3.05) is 24.5 Å². The first kappa shape index (κ1) is 53.1. The molecule has 19 rings (SSSR count). The van der Waals surface area contributed by atoms with Crippen molar-refractivity contribution in [3.05, 3.63) is 333 Å².